The minimum Gasteiger partial charge on any atom is -0.503 e. The van der Waals surface area contributed by atoms with E-state index in [0.29, 0.717) is 18.0 Å². The van der Waals surface area contributed by atoms with Crippen molar-refractivity contribution in [2.45, 2.75) is 32.7 Å². The number of rotatable bonds is 7. The van der Waals surface area contributed by atoms with Crippen LogP contribution >= 0.6 is 0 Å². The summed E-state index contributed by atoms with van der Waals surface area (Å²) in [6.07, 6.45) is 1.85. The van der Waals surface area contributed by atoms with Crippen LogP contribution in [0.4, 0.5) is 5.69 Å². The Morgan fingerprint density at radius 3 is 2.45 bits per heavy atom. The summed E-state index contributed by atoms with van der Waals surface area (Å²) in [5, 5.41) is 10.4. The van der Waals surface area contributed by atoms with Crippen molar-refractivity contribution in [3.8, 4) is 0 Å². The van der Waals surface area contributed by atoms with E-state index in [1.54, 1.807) is 62.5 Å². The number of amides is 1. The normalized spacial score (nSPS) is 16.3. The second-order valence-electron chi connectivity index (χ2n) is 6.52. The average molecular weight is 394 g/mol. The Balaban J connectivity index is 1.98. The first kappa shape index (κ1) is 20.3. The molecule has 2 heterocycles. The molecule has 1 atom stereocenters. The zero-order valence-corrected chi connectivity index (χ0v) is 16.3. The number of ketones is 1. The molecule has 1 unspecified atom stereocenters. The first-order chi connectivity index (χ1) is 14.0. The van der Waals surface area contributed by atoms with Crippen LogP contribution in [-0.2, 0) is 25.5 Å². The molecule has 0 spiro atoms. The summed E-state index contributed by atoms with van der Waals surface area (Å²) in [6, 6.07) is 11.2. The van der Waals surface area contributed by atoms with Crippen LogP contribution in [0.2, 0.25) is 0 Å². The number of nitrogens with zero attached hydrogens (tertiary/aromatic N) is 2. The van der Waals surface area contributed by atoms with Crippen molar-refractivity contribution < 1.29 is 24.2 Å². The van der Waals surface area contributed by atoms with Gasteiger partial charge in [0.15, 0.2) is 11.5 Å². The van der Waals surface area contributed by atoms with Crippen LogP contribution in [-0.4, -0.2) is 34.4 Å². The minimum atomic E-state index is -0.813. The van der Waals surface area contributed by atoms with Crippen LogP contribution in [0.5, 0.6) is 0 Å². The molecule has 150 valence electrons. The van der Waals surface area contributed by atoms with Crippen molar-refractivity contribution in [1.29, 1.82) is 0 Å². The lowest BCUT2D eigenvalue weighted by molar-refractivity contribution is -0.142. The van der Waals surface area contributed by atoms with Gasteiger partial charge in [0.2, 0.25) is 0 Å². The Kier molecular flexibility index (Phi) is 6.07. The highest BCUT2D eigenvalue weighted by Gasteiger charge is 2.44. The van der Waals surface area contributed by atoms with E-state index < -0.39 is 17.7 Å². The van der Waals surface area contributed by atoms with Gasteiger partial charge in [-0.05, 0) is 36.8 Å². The fourth-order valence-electron chi connectivity index (χ4n) is 3.32. The van der Waals surface area contributed by atoms with Gasteiger partial charge in [0.1, 0.15) is 6.04 Å². The molecule has 1 N–H and O–H groups in total. The maximum Gasteiger partial charge on any atom is 0.310 e. The van der Waals surface area contributed by atoms with Gasteiger partial charge < -0.3 is 9.84 Å². The number of carbonyl (C=O) groups is 3. The summed E-state index contributed by atoms with van der Waals surface area (Å²) in [5.74, 6) is -1.86. The summed E-state index contributed by atoms with van der Waals surface area (Å²) in [6.45, 7) is 3.73. The zero-order valence-electron chi connectivity index (χ0n) is 16.3. The van der Waals surface area contributed by atoms with Gasteiger partial charge in [-0.2, -0.15) is 0 Å². The third-order valence-corrected chi connectivity index (χ3v) is 4.67. The lowest BCUT2D eigenvalue weighted by atomic mass is 9.98. The lowest BCUT2D eigenvalue weighted by Gasteiger charge is -2.26. The van der Waals surface area contributed by atoms with E-state index in [0.717, 1.165) is 5.56 Å². The van der Waals surface area contributed by atoms with Gasteiger partial charge in [-0.15, -0.1) is 0 Å². The summed E-state index contributed by atoms with van der Waals surface area (Å²) in [7, 11) is 0. The van der Waals surface area contributed by atoms with Crippen LogP contribution in [0.25, 0.3) is 0 Å². The number of benzene rings is 1. The third kappa shape index (κ3) is 4.03. The first-order valence-corrected chi connectivity index (χ1v) is 9.43. The van der Waals surface area contributed by atoms with Gasteiger partial charge in [-0.3, -0.25) is 24.3 Å². The zero-order chi connectivity index (χ0) is 21.0. The van der Waals surface area contributed by atoms with Gasteiger partial charge in [0, 0.05) is 18.3 Å². The number of anilines is 1. The number of esters is 1. The average Bonchev–Trinajstić information content (AvgIpc) is 3.00. The number of aliphatic hydroxyl groups is 1. The number of ether oxygens (including phenoxy) is 1. The molecule has 1 aromatic heterocycles. The van der Waals surface area contributed by atoms with E-state index in [2.05, 4.69) is 4.98 Å². The van der Waals surface area contributed by atoms with Crippen molar-refractivity contribution in [3.05, 3.63) is 71.3 Å². The Morgan fingerprint density at radius 1 is 1.14 bits per heavy atom. The van der Waals surface area contributed by atoms with Gasteiger partial charge in [0.25, 0.3) is 5.91 Å². The second-order valence-corrected chi connectivity index (χ2v) is 6.52. The lowest BCUT2D eigenvalue weighted by Crippen LogP contribution is -2.31. The molecule has 0 saturated heterocycles. The van der Waals surface area contributed by atoms with Crippen LogP contribution < -0.4 is 4.90 Å². The number of aromatic nitrogens is 1. The van der Waals surface area contributed by atoms with Crippen LogP contribution in [0.15, 0.2) is 60.0 Å². The monoisotopic (exact) mass is 394 g/mol. The topological polar surface area (TPSA) is 96.8 Å². The molecule has 29 heavy (non-hydrogen) atoms. The van der Waals surface area contributed by atoms with Gasteiger partial charge in [0.05, 0.1) is 24.3 Å². The minimum absolute atomic E-state index is 0.0480. The van der Waals surface area contributed by atoms with Gasteiger partial charge in [-0.25, -0.2) is 0 Å². The van der Waals surface area contributed by atoms with Crippen LogP contribution in [0, 0.1) is 0 Å². The molecule has 0 saturated carbocycles. The van der Waals surface area contributed by atoms with Crippen molar-refractivity contribution >= 4 is 23.3 Å². The number of aliphatic hydroxyl groups excluding tert-OH is 1. The molecular weight excluding hydrogens is 372 g/mol. The van der Waals surface area contributed by atoms with E-state index in [-0.39, 0.29) is 30.2 Å². The van der Waals surface area contributed by atoms with Crippen molar-refractivity contribution in [1.82, 2.24) is 4.98 Å². The molecule has 7 nitrogen and oxygen atoms in total. The molecule has 7 heteroatoms. The maximum atomic E-state index is 12.8. The first-order valence-electron chi connectivity index (χ1n) is 9.43. The highest BCUT2D eigenvalue weighted by atomic mass is 16.5. The molecule has 3 rings (SSSR count). The molecular formula is C22H22N2O5. The molecule has 1 aromatic carbocycles. The van der Waals surface area contributed by atoms with Gasteiger partial charge in [-0.1, -0.05) is 25.1 Å². The largest absolute Gasteiger partial charge is 0.503 e. The van der Waals surface area contributed by atoms with Crippen molar-refractivity contribution in [2.75, 3.05) is 11.5 Å². The molecule has 0 bridgehead atoms. The van der Waals surface area contributed by atoms with E-state index in [4.69, 9.17) is 4.74 Å². The smallest absolute Gasteiger partial charge is 0.310 e. The quantitative estimate of drug-likeness (QED) is 0.725. The summed E-state index contributed by atoms with van der Waals surface area (Å²) < 4.78 is 4.95. The summed E-state index contributed by atoms with van der Waals surface area (Å²) in [5.41, 5.74) is 1.75. The number of hydrogen-bond donors (Lipinski definition) is 1. The number of hydrogen-bond acceptors (Lipinski definition) is 6. The van der Waals surface area contributed by atoms with Gasteiger partial charge >= 0.3 is 5.97 Å². The molecule has 0 radical (unpaired) electrons. The second kappa shape index (κ2) is 8.68. The Morgan fingerprint density at radius 2 is 1.86 bits per heavy atom. The number of carbonyl (C=O) groups excluding carboxylic acids is 3. The Hall–Kier alpha value is -3.48. The molecule has 2 aromatic rings. The Labute approximate surface area is 168 Å². The van der Waals surface area contributed by atoms with E-state index in [1.165, 1.54) is 4.90 Å². The fourth-order valence-corrected chi connectivity index (χ4v) is 3.32. The maximum absolute atomic E-state index is 12.8. The number of Topliss-reactive ketones (excluding diaryl/α,β-unsaturated/α-hetero) is 1. The van der Waals surface area contributed by atoms with E-state index in [9.17, 15) is 19.5 Å². The summed E-state index contributed by atoms with van der Waals surface area (Å²) >= 11 is 0. The summed E-state index contributed by atoms with van der Waals surface area (Å²) in [4.78, 5) is 42.6. The number of pyridine rings is 1. The SMILES string of the molecule is CCOC(=O)Cc1ccc(N2C(=O)C(O)=C(C(=O)CC)C2c2ccccn2)cc1. The highest BCUT2D eigenvalue weighted by Crippen LogP contribution is 2.40. The fraction of sp³-hybridized carbons (Fsp3) is 0.273. The van der Waals surface area contributed by atoms with E-state index in [1.807, 2.05) is 0 Å². The predicted octanol–water partition coefficient (Wildman–Crippen LogP) is 3.07. The van der Waals surface area contributed by atoms with Crippen molar-refractivity contribution in [3.63, 3.8) is 0 Å². The molecule has 1 aliphatic heterocycles. The Bertz CT molecular complexity index is 951. The highest BCUT2D eigenvalue weighted by molar-refractivity contribution is 6.16. The van der Waals surface area contributed by atoms with Crippen LogP contribution in [0.3, 0.4) is 0 Å². The predicted molar refractivity (Wildman–Crippen MR) is 106 cm³/mol. The van der Waals surface area contributed by atoms with Crippen molar-refractivity contribution in [2.24, 2.45) is 0 Å². The van der Waals surface area contributed by atoms with Crippen LogP contribution in [0.1, 0.15) is 37.6 Å². The molecule has 1 aliphatic rings. The molecule has 0 fully saturated rings. The molecule has 0 aliphatic carbocycles. The standard InChI is InChI=1S/C22H22N2O5/c1-3-17(25)19-20(16-7-5-6-12-23-16)24(22(28)21(19)27)15-10-8-14(9-11-15)13-18(26)29-4-2/h5-12,20,27H,3-4,13H2,1-2H3. The van der Waals surface area contributed by atoms with E-state index >= 15 is 0 Å². The third-order valence-electron chi connectivity index (χ3n) is 4.67. The molecule has 1 amide bonds.